The molecular formula is C23H34F4OSi. The van der Waals surface area contributed by atoms with Crippen LogP contribution in [0.5, 0.6) is 5.75 Å². The maximum atomic E-state index is 14.7. The van der Waals surface area contributed by atoms with Crippen molar-refractivity contribution in [2.75, 3.05) is 0 Å². The first-order chi connectivity index (χ1) is 13.8. The van der Waals surface area contributed by atoms with Crippen LogP contribution in [-0.2, 0) is 0 Å². The fourth-order valence-electron chi connectivity index (χ4n) is 5.38. The van der Waals surface area contributed by atoms with Crippen LogP contribution in [-0.4, -0.2) is 14.8 Å². The molecule has 1 nitrogen and oxygen atoms in total. The zero-order chi connectivity index (χ0) is 20.9. The fraction of sp³-hybridized carbons (Fsp3) is 0.739. The lowest BCUT2D eigenvalue weighted by Gasteiger charge is -2.33. The van der Waals surface area contributed by atoms with Gasteiger partial charge < -0.3 is 8.84 Å². The lowest BCUT2D eigenvalue weighted by atomic mass is 9.76. The molecule has 29 heavy (non-hydrogen) atoms. The van der Waals surface area contributed by atoms with Crippen LogP contribution >= 0.6 is 0 Å². The molecule has 0 radical (unpaired) electrons. The second kappa shape index (κ2) is 9.84. The first kappa shape index (κ1) is 22.6. The van der Waals surface area contributed by atoms with Crippen LogP contribution in [0.25, 0.3) is 0 Å². The van der Waals surface area contributed by atoms with E-state index in [0.29, 0.717) is 5.92 Å². The highest BCUT2D eigenvalue weighted by atomic mass is 28.4. The highest BCUT2D eigenvalue weighted by molar-refractivity contribution is 6.73. The number of halogens is 4. The maximum absolute atomic E-state index is 14.7. The summed E-state index contributed by atoms with van der Waals surface area (Å²) in [6.07, 6.45) is 5.65. The van der Waals surface area contributed by atoms with Crippen molar-refractivity contribution in [1.82, 2.24) is 0 Å². The van der Waals surface area contributed by atoms with Crippen molar-refractivity contribution >= 4 is 8.41 Å². The van der Waals surface area contributed by atoms with Crippen molar-refractivity contribution in [3.05, 3.63) is 29.8 Å². The lowest BCUT2D eigenvalue weighted by Crippen LogP contribution is -2.33. The summed E-state index contributed by atoms with van der Waals surface area (Å²) in [5.74, 6) is 1.76. The molecule has 3 rings (SSSR count). The summed E-state index contributed by atoms with van der Waals surface area (Å²) in [6.45, 7) is 2.10. The fourth-order valence-corrected chi connectivity index (χ4v) is 8.88. The molecule has 0 N–H and O–H groups in total. The second-order valence-corrected chi connectivity index (χ2v) is 13.1. The zero-order valence-corrected chi connectivity index (χ0v) is 18.4. The molecule has 0 unspecified atom stereocenters. The standard InChI is InChI=1S/C23H34F4OSi/c1-2-15-29(27)16-13-19(14-17-29)4-3-18-5-7-20(8-6-18)21-9-11-22(12-10-21)28-23(24,25)26/h9-12,18-20H,2-8,13-17H2,1H3/t18-,19?,20-,29?. The van der Waals surface area contributed by atoms with Crippen LogP contribution in [0.4, 0.5) is 17.3 Å². The van der Waals surface area contributed by atoms with Crippen LogP contribution < -0.4 is 4.74 Å². The van der Waals surface area contributed by atoms with E-state index in [1.807, 2.05) is 0 Å². The van der Waals surface area contributed by atoms with E-state index in [4.69, 9.17) is 0 Å². The largest absolute Gasteiger partial charge is 0.573 e. The summed E-state index contributed by atoms with van der Waals surface area (Å²) in [4.78, 5) is 0. The van der Waals surface area contributed by atoms with Crippen molar-refractivity contribution in [2.24, 2.45) is 11.8 Å². The number of rotatable bonds is 7. The predicted octanol–water partition coefficient (Wildman–Crippen LogP) is 8.37. The molecule has 0 spiro atoms. The van der Waals surface area contributed by atoms with E-state index in [0.717, 1.165) is 67.6 Å². The molecule has 6 heteroatoms. The highest BCUT2D eigenvalue weighted by Gasteiger charge is 2.38. The van der Waals surface area contributed by atoms with E-state index >= 15 is 0 Å². The van der Waals surface area contributed by atoms with E-state index in [1.165, 1.54) is 37.8 Å². The topological polar surface area (TPSA) is 9.23 Å². The van der Waals surface area contributed by atoms with E-state index < -0.39 is 14.8 Å². The van der Waals surface area contributed by atoms with Crippen molar-refractivity contribution in [2.45, 2.75) is 95.1 Å². The molecule has 2 aliphatic rings. The second-order valence-electron chi connectivity index (χ2n) is 9.26. The number of alkyl halides is 3. The van der Waals surface area contributed by atoms with Crippen LogP contribution in [0, 0.1) is 11.8 Å². The van der Waals surface area contributed by atoms with Gasteiger partial charge in [0, 0.05) is 0 Å². The molecule has 1 saturated heterocycles. The van der Waals surface area contributed by atoms with Crippen LogP contribution in [0.2, 0.25) is 18.1 Å². The van der Waals surface area contributed by atoms with Gasteiger partial charge in [-0.1, -0.05) is 51.2 Å². The molecule has 0 atom stereocenters. The van der Waals surface area contributed by atoms with E-state index in [-0.39, 0.29) is 5.75 Å². The van der Waals surface area contributed by atoms with Gasteiger partial charge in [-0.2, -0.15) is 0 Å². The average molecular weight is 431 g/mol. The van der Waals surface area contributed by atoms with Crippen molar-refractivity contribution in [3.8, 4) is 5.75 Å². The van der Waals surface area contributed by atoms with Crippen LogP contribution in [0.3, 0.4) is 0 Å². The maximum Gasteiger partial charge on any atom is 0.573 e. The Morgan fingerprint density at radius 2 is 1.45 bits per heavy atom. The minimum absolute atomic E-state index is 0.151. The van der Waals surface area contributed by atoms with Gasteiger partial charge in [-0.3, -0.25) is 0 Å². The lowest BCUT2D eigenvalue weighted by molar-refractivity contribution is -0.274. The Hall–Kier alpha value is -1.04. The summed E-state index contributed by atoms with van der Waals surface area (Å²) in [6, 6.07) is 9.01. The van der Waals surface area contributed by atoms with Gasteiger partial charge in [0.05, 0.1) is 0 Å². The van der Waals surface area contributed by atoms with Crippen molar-refractivity contribution in [1.29, 1.82) is 0 Å². The molecule has 0 bridgehead atoms. The predicted molar refractivity (Wildman–Crippen MR) is 111 cm³/mol. The minimum Gasteiger partial charge on any atom is -0.406 e. The molecule has 1 aromatic rings. The van der Waals surface area contributed by atoms with Gasteiger partial charge in [-0.25, -0.2) is 0 Å². The Kier molecular flexibility index (Phi) is 7.68. The summed E-state index contributed by atoms with van der Waals surface area (Å²) in [5, 5.41) is 0. The van der Waals surface area contributed by atoms with Gasteiger partial charge in [-0.15, -0.1) is 13.2 Å². The van der Waals surface area contributed by atoms with Crippen molar-refractivity contribution in [3.63, 3.8) is 0 Å². The Balaban J connectivity index is 1.38. The third-order valence-electron chi connectivity index (χ3n) is 7.11. The summed E-state index contributed by atoms with van der Waals surface area (Å²) in [5.41, 5.74) is 1.12. The third-order valence-corrected chi connectivity index (χ3v) is 10.9. The molecule has 1 saturated carbocycles. The summed E-state index contributed by atoms with van der Waals surface area (Å²) in [7, 11) is -2.38. The molecule has 0 amide bonds. The Bertz CT molecular complexity index is 615. The van der Waals surface area contributed by atoms with E-state index in [9.17, 15) is 17.3 Å². The Morgan fingerprint density at radius 3 is 1.97 bits per heavy atom. The molecule has 164 valence electrons. The molecule has 1 aromatic carbocycles. The van der Waals surface area contributed by atoms with Crippen LogP contribution in [0.15, 0.2) is 24.3 Å². The Labute approximate surface area is 173 Å². The molecule has 1 aliphatic heterocycles. The third kappa shape index (κ3) is 7.01. The van der Waals surface area contributed by atoms with Gasteiger partial charge in [-0.05, 0) is 79.3 Å². The van der Waals surface area contributed by atoms with E-state index in [2.05, 4.69) is 11.7 Å². The average Bonchev–Trinajstić information content (AvgIpc) is 2.68. The number of hydrogen-bond acceptors (Lipinski definition) is 1. The summed E-state index contributed by atoms with van der Waals surface area (Å²) < 4.78 is 55.5. The molecule has 0 aromatic heterocycles. The highest BCUT2D eigenvalue weighted by Crippen LogP contribution is 2.42. The summed E-state index contributed by atoms with van der Waals surface area (Å²) >= 11 is 0. The molecule has 2 fully saturated rings. The van der Waals surface area contributed by atoms with Crippen molar-refractivity contribution < 1.29 is 22.0 Å². The first-order valence-corrected chi connectivity index (χ1v) is 13.8. The zero-order valence-electron chi connectivity index (χ0n) is 17.4. The molecule has 1 aliphatic carbocycles. The minimum atomic E-state index is -4.64. The number of hydrogen-bond donors (Lipinski definition) is 0. The quantitative estimate of drug-likeness (QED) is 0.240. The molecule has 1 heterocycles. The smallest absolute Gasteiger partial charge is 0.406 e. The van der Waals surface area contributed by atoms with Gasteiger partial charge >= 0.3 is 6.36 Å². The van der Waals surface area contributed by atoms with E-state index in [1.54, 1.807) is 12.1 Å². The normalized spacial score (nSPS) is 30.9. The Morgan fingerprint density at radius 1 is 0.897 bits per heavy atom. The van der Waals surface area contributed by atoms with Crippen LogP contribution in [0.1, 0.15) is 76.2 Å². The SMILES string of the molecule is CCC[Si]1(F)CCC(CC[C@H]2CC[C@H](c3ccc(OC(F)(F)F)cc3)CC2)CC1. The van der Waals surface area contributed by atoms with Gasteiger partial charge in [0.25, 0.3) is 0 Å². The van der Waals surface area contributed by atoms with Gasteiger partial charge in [0.2, 0.25) is 8.41 Å². The van der Waals surface area contributed by atoms with Gasteiger partial charge in [0.15, 0.2) is 0 Å². The molecular weight excluding hydrogens is 396 g/mol. The van der Waals surface area contributed by atoms with Gasteiger partial charge in [0.1, 0.15) is 5.75 Å². The first-order valence-electron chi connectivity index (χ1n) is 11.3. The monoisotopic (exact) mass is 430 g/mol. The number of benzene rings is 1. The number of ether oxygens (including phenoxy) is 1.